The summed E-state index contributed by atoms with van der Waals surface area (Å²) >= 11 is 5.48. The Morgan fingerprint density at radius 1 is 1.26 bits per heavy atom. The number of hydrogen-bond acceptors (Lipinski definition) is 3. The lowest BCUT2D eigenvalue weighted by Crippen LogP contribution is -2.17. The van der Waals surface area contributed by atoms with Gasteiger partial charge in [-0.3, -0.25) is 0 Å². The fourth-order valence-electron chi connectivity index (χ4n) is 2.06. The van der Waals surface area contributed by atoms with Gasteiger partial charge in [0.25, 0.3) is 0 Å². The molecule has 0 aliphatic rings. The number of hydrogen-bond donors (Lipinski definition) is 1. The first-order chi connectivity index (χ1) is 9.06. The van der Waals surface area contributed by atoms with E-state index in [2.05, 4.69) is 47.2 Å². The second-order valence-electron chi connectivity index (χ2n) is 4.50. The van der Waals surface area contributed by atoms with Crippen molar-refractivity contribution >= 4 is 27.3 Å². The fourth-order valence-corrected chi connectivity index (χ4v) is 3.82. The first-order valence-corrected chi connectivity index (χ1v) is 7.75. The van der Waals surface area contributed by atoms with Crippen molar-refractivity contribution in [2.75, 3.05) is 14.2 Å². The van der Waals surface area contributed by atoms with Crippen LogP contribution in [0.25, 0.3) is 0 Å². The highest BCUT2D eigenvalue weighted by Gasteiger charge is 2.18. The molecule has 0 saturated carbocycles. The average molecular weight is 340 g/mol. The molecule has 1 unspecified atom stereocenters. The predicted molar refractivity (Wildman–Crippen MR) is 85.4 cm³/mol. The number of methoxy groups -OCH3 is 1. The minimum Gasteiger partial charge on any atom is -0.497 e. The van der Waals surface area contributed by atoms with Crippen LogP contribution in [0.5, 0.6) is 5.75 Å². The molecule has 19 heavy (non-hydrogen) atoms. The zero-order valence-corrected chi connectivity index (χ0v) is 14.0. The summed E-state index contributed by atoms with van der Waals surface area (Å²) < 4.78 is 6.31. The van der Waals surface area contributed by atoms with Crippen LogP contribution in [0.3, 0.4) is 0 Å². The summed E-state index contributed by atoms with van der Waals surface area (Å²) in [6.07, 6.45) is 0. The molecule has 1 N–H and O–H groups in total. The summed E-state index contributed by atoms with van der Waals surface area (Å²) in [5, 5.41) is 3.39. The van der Waals surface area contributed by atoms with E-state index in [0.717, 1.165) is 10.2 Å². The molecule has 0 aliphatic heterocycles. The van der Waals surface area contributed by atoms with Crippen molar-refractivity contribution in [1.82, 2.24) is 5.32 Å². The van der Waals surface area contributed by atoms with Gasteiger partial charge in [0.1, 0.15) is 5.75 Å². The monoisotopic (exact) mass is 339 g/mol. The molecule has 2 nitrogen and oxygen atoms in total. The van der Waals surface area contributed by atoms with Crippen LogP contribution >= 0.6 is 27.3 Å². The molecule has 1 aromatic carbocycles. The molecule has 1 atom stereocenters. The number of thiophene rings is 1. The largest absolute Gasteiger partial charge is 0.497 e. The van der Waals surface area contributed by atoms with Gasteiger partial charge in [-0.05, 0) is 50.2 Å². The Bertz CT molecular complexity index is 560. The van der Waals surface area contributed by atoms with E-state index in [1.807, 2.05) is 30.5 Å². The highest BCUT2D eigenvalue weighted by molar-refractivity contribution is 9.10. The molecule has 0 saturated heterocycles. The Hall–Kier alpha value is -0.840. The number of nitrogens with one attached hydrogen (secondary N) is 1. The van der Waals surface area contributed by atoms with E-state index in [9.17, 15) is 0 Å². The molecule has 1 heterocycles. The predicted octanol–water partition coefficient (Wildman–Crippen LogP) is 4.44. The van der Waals surface area contributed by atoms with Gasteiger partial charge in [-0.1, -0.05) is 22.0 Å². The van der Waals surface area contributed by atoms with E-state index < -0.39 is 0 Å². The molecular formula is C15H18BrNOS. The van der Waals surface area contributed by atoms with E-state index in [4.69, 9.17) is 4.74 Å². The summed E-state index contributed by atoms with van der Waals surface area (Å²) in [6.45, 7) is 4.32. The van der Waals surface area contributed by atoms with E-state index >= 15 is 0 Å². The molecule has 0 bridgehead atoms. The van der Waals surface area contributed by atoms with Gasteiger partial charge >= 0.3 is 0 Å². The first-order valence-electron chi connectivity index (χ1n) is 6.14. The maximum Gasteiger partial charge on any atom is 0.120 e. The minimum atomic E-state index is 0.206. The third-order valence-corrected chi connectivity index (χ3v) is 5.18. The molecule has 0 fully saturated rings. The molecule has 0 spiro atoms. The van der Waals surface area contributed by atoms with Crippen LogP contribution in [0.1, 0.15) is 26.9 Å². The Kier molecular flexibility index (Phi) is 4.66. The van der Waals surface area contributed by atoms with E-state index in [1.54, 1.807) is 7.11 Å². The van der Waals surface area contributed by atoms with Crippen LogP contribution in [0.4, 0.5) is 0 Å². The van der Waals surface area contributed by atoms with E-state index in [1.165, 1.54) is 20.9 Å². The Balaban J connectivity index is 2.42. The van der Waals surface area contributed by atoms with Crippen LogP contribution < -0.4 is 10.1 Å². The first kappa shape index (κ1) is 14.6. The lowest BCUT2D eigenvalue weighted by atomic mass is 10.0. The Morgan fingerprint density at radius 2 is 2.00 bits per heavy atom. The van der Waals surface area contributed by atoms with Crippen molar-refractivity contribution in [3.63, 3.8) is 0 Å². The molecule has 4 heteroatoms. The number of ether oxygens (including phenoxy) is 1. The smallest absolute Gasteiger partial charge is 0.120 e. The lowest BCUT2D eigenvalue weighted by molar-refractivity contribution is 0.414. The third kappa shape index (κ3) is 3.02. The van der Waals surface area contributed by atoms with Crippen molar-refractivity contribution in [1.29, 1.82) is 0 Å². The third-order valence-electron chi connectivity index (χ3n) is 3.28. The molecule has 2 aromatic rings. The van der Waals surface area contributed by atoms with Crippen LogP contribution in [0, 0.1) is 13.8 Å². The number of rotatable bonds is 4. The van der Waals surface area contributed by atoms with E-state index in [0.29, 0.717) is 0 Å². The number of aryl methyl sites for hydroxylation is 2. The van der Waals surface area contributed by atoms with Gasteiger partial charge in [-0.15, -0.1) is 11.3 Å². The van der Waals surface area contributed by atoms with Gasteiger partial charge in [-0.25, -0.2) is 0 Å². The molecule has 0 amide bonds. The summed E-state index contributed by atoms with van der Waals surface area (Å²) in [5.41, 5.74) is 2.58. The standard InChI is InChI=1S/C15H18BrNOS/c1-9-7-14(19-10(9)2)15(17-3)12-6-5-11(18-4)8-13(12)16/h5-8,15,17H,1-4H3. The van der Waals surface area contributed by atoms with Gasteiger partial charge in [-0.2, -0.15) is 0 Å². The second kappa shape index (κ2) is 6.07. The van der Waals surface area contributed by atoms with Gasteiger partial charge in [0.15, 0.2) is 0 Å². The van der Waals surface area contributed by atoms with Crippen LogP contribution in [-0.2, 0) is 0 Å². The summed E-state index contributed by atoms with van der Waals surface area (Å²) in [5.74, 6) is 0.865. The normalized spacial score (nSPS) is 12.5. The summed E-state index contributed by atoms with van der Waals surface area (Å²) in [6, 6.07) is 8.58. The zero-order valence-electron chi connectivity index (χ0n) is 11.6. The molecule has 1 aromatic heterocycles. The highest BCUT2D eigenvalue weighted by Crippen LogP contribution is 2.35. The van der Waals surface area contributed by atoms with Crippen molar-refractivity contribution in [2.24, 2.45) is 0 Å². The molecule has 0 aliphatic carbocycles. The highest BCUT2D eigenvalue weighted by atomic mass is 79.9. The Morgan fingerprint density at radius 3 is 2.47 bits per heavy atom. The maximum absolute atomic E-state index is 5.24. The van der Waals surface area contributed by atoms with Gasteiger partial charge in [0, 0.05) is 14.2 Å². The van der Waals surface area contributed by atoms with Crippen molar-refractivity contribution in [3.05, 3.63) is 49.6 Å². The fraction of sp³-hybridized carbons (Fsp3) is 0.333. The molecule has 2 rings (SSSR count). The minimum absolute atomic E-state index is 0.206. The SMILES string of the molecule is CNC(c1cc(C)c(C)s1)c1ccc(OC)cc1Br. The van der Waals surface area contributed by atoms with Crippen LogP contribution in [0.2, 0.25) is 0 Å². The van der Waals surface area contributed by atoms with Crippen molar-refractivity contribution in [2.45, 2.75) is 19.9 Å². The zero-order chi connectivity index (χ0) is 14.0. The molecule has 0 radical (unpaired) electrons. The van der Waals surface area contributed by atoms with Crippen molar-refractivity contribution in [3.8, 4) is 5.75 Å². The maximum atomic E-state index is 5.24. The van der Waals surface area contributed by atoms with Gasteiger partial charge in [0.2, 0.25) is 0 Å². The topological polar surface area (TPSA) is 21.3 Å². The number of halogens is 1. The van der Waals surface area contributed by atoms with Crippen LogP contribution in [-0.4, -0.2) is 14.2 Å². The van der Waals surface area contributed by atoms with Gasteiger partial charge < -0.3 is 10.1 Å². The average Bonchev–Trinajstić information content (AvgIpc) is 2.72. The lowest BCUT2D eigenvalue weighted by Gasteiger charge is -2.17. The Labute approximate surface area is 126 Å². The quantitative estimate of drug-likeness (QED) is 0.888. The molecular weight excluding hydrogens is 322 g/mol. The second-order valence-corrected chi connectivity index (χ2v) is 6.64. The van der Waals surface area contributed by atoms with E-state index in [-0.39, 0.29) is 6.04 Å². The summed E-state index contributed by atoms with van der Waals surface area (Å²) in [7, 11) is 3.68. The molecule has 102 valence electrons. The van der Waals surface area contributed by atoms with Crippen molar-refractivity contribution < 1.29 is 4.74 Å². The number of benzene rings is 1. The van der Waals surface area contributed by atoms with Gasteiger partial charge in [0.05, 0.1) is 13.2 Å². The summed E-state index contributed by atoms with van der Waals surface area (Å²) in [4.78, 5) is 2.71. The van der Waals surface area contributed by atoms with Crippen LogP contribution in [0.15, 0.2) is 28.7 Å².